The maximum absolute atomic E-state index is 13.0. The smallest absolute Gasteiger partial charge is 0.347 e. The molecular formula is C18H18F2N2O2. The van der Waals surface area contributed by atoms with Crippen LogP contribution in [-0.2, 0) is 7.05 Å². The maximum atomic E-state index is 13.0. The number of carbonyl (C=O) groups is 1. The molecule has 1 aromatic carbocycles. The predicted molar refractivity (Wildman–Crippen MR) is 83.1 cm³/mol. The summed E-state index contributed by atoms with van der Waals surface area (Å²) in [4.78, 5) is 12.4. The van der Waals surface area contributed by atoms with Crippen molar-refractivity contribution >= 4 is 5.97 Å². The van der Waals surface area contributed by atoms with Gasteiger partial charge in [-0.2, -0.15) is 5.10 Å². The van der Waals surface area contributed by atoms with Crippen LogP contribution >= 0.6 is 0 Å². The zero-order valence-corrected chi connectivity index (χ0v) is 13.3. The summed E-state index contributed by atoms with van der Waals surface area (Å²) in [6.07, 6.45) is 2.16. The molecule has 2 fully saturated rings. The van der Waals surface area contributed by atoms with E-state index in [4.69, 9.17) is 4.74 Å². The number of carbonyl (C=O) groups excluding carboxylic acids is 1. The minimum Gasteiger partial charge on any atom is -0.423 e. The number of para-hydroxylation sites is 1. The summed E-state index contributed by atoms with van der Waals surface area (Å²) in [5.74, 6) is 1.60. The van der Waals surface area contributed by atoms with Gasteiger partial charge in [0, 0.05) is 13.2 Å². The molecule has 2 aliphatic rings. The van der Waals surface area contributed by atoms with Gasteiger partial charge in [0.25, 0.3) is 6.43 Å². The van der Waals surface area contributed by atoms with Crippen LogP contribution in [0, 0.1) is 11.8 Å². The third-order valence-corrected chi connectivity index (χ3v) is 4.87. The van der Waals surface area contributed by atoms with Crippen LogP contribution in [0.3, 0.4) is 0 Å². The van der Waals surface area contributed by atoms with Crippen molar-refractivity contribution in [2.45, 2.75) is 31.6 Å². The van der Waals surface area contributed by atoms with Crippen molar-refractivity contribution in [3.8, 4) is 5.75 Å². The molecule has 0 radical (unpaired) electrons. The van der Waals surface area contributed by atoms with Gasteiger partial charge in [-0.3, -0.25) is 4.68 Å². The highest BCUT2D eigenvalue weighted by Gasteiger charge is 2.49. The number of halogens is 2. The van der Waals surface area contributed by atoms with E-state index >= 15 is 0 Å². The minimum absolute atomic E-state index is 0.183. The summed E-state index contributed by atoms with van der Waals surface area (Å²) in [6, 6.07) is 7.41. The number of benzene rings is 1. The van der Waals surface area contributed by atoms with E-state index in [-0.39, 0.29) is 5.56 Å². The van der Waals surface area contributed by atoms with Gasteiger partial charge in [0.15, 0.2) is 0 Å². The van der Waals surface area contributed by atoms with E-state index in [0.29, 0.717) is 17.6 Å². The highest BCUT2D eigenvalue weighted by atomic mass is 19.3. The Bertz CT molecular complexity index is 783. The predicted octanol–water partition coefficient (Wildman–Crippen LogP) is 4.09. The van der Waals surface area contributed by atoms with Crippen LogP contribution < -0.4 is 4.74 Å². The van der Waals surface area contributed by atoms with Gasteiger partial charge >= 0.3 is 5.97 Å². The Hall–Kier alpha value is -2.24. The quantitative estimate of drug-likeness (QED) is 0.612. The molecule has 126 valence electrons. The fourth-order valence-corrected chi connectivity index (χ4v) is 3.48. The summed E-state index contributed by atoms with van der Waals surface area (Å²) in [5.41, 5.74) is 0.282. The normalized spacial score (nSPS) is 22.7. The van der Waals surface area contributed by atoms with E-state index < -0.39 is 18.1 Å². The van der Waals surface area contributed by atoms with Crippen molar-refractivity contribution in [1.29, 1.82) is 0 Å². The molecule has 6 heteroatoms. The van der Waals surface area contributed by atoms with Gasteiger partial charge in [-0.05, 0) is 48.6 Å². The Morgan fingerprint density at radius 2 is 2.08 bits per heavy atom. The molecule has 0 amide bonds. The molecule has 0 bridgehead atoms. The summed E-state index contributed by atoms with van der Waals surface area (Å²) in [6.45, 7) is 0. The first-order chi connectivity index (χ1) is 11.5. The highest BCUT2D eigenvalue weighted by molar-refractivity contribution is 5.92. The number of alkyl halides is 2. The topological polar surface area (TPSA) is 44.1 Å². The molecule has 2 aromatic rings. The van der Waals surface area contributed by atoms with Gasteiger partial charge in [0.05, 0.1) is 0 Å². The van der Waals surface area contributed by atoms with E-state index in [1.807, 2.05) is 12.1 Å². The molecule has 2 unspecified atom stereocenters. The van der Waals surface area contributed by atoms with Gasteiger partial charge in [-0.1, -0.05) is 18.2 Å². The molecule has 0 aliphatic heterocycles. The number of hydrogen-bond donors (Lipinski definition) is 0. The van der Waals surface area contributed by atoms with Gasteiger partial charge in [0.1, 0.15) is 17.0 Å². The van der Waals surface area contributed by atoms with Crippen molar-refractivity contribution in [3.05, 3.63) is 47.3 Å². The first-order valence-electron chi connectivity index (χ1n) is 8.17. The summed E-state index contributed by atoms with van der Waals surface area (Å²) in [5, 5.41) is 3.65. The molecule has 2 aliphatic carbocycles. The van der Waals surface area contributed by atoms with E-state index in [1.165, 1.54) is 30.8 Å². The van der Waals surface area contributed by atoms with Gasteiger partial charge in [0.2, 0.25) is 0 Å². The van der Waals surface area contributed by atoms with Crippen LogP contribution in [0.5, 0.6) is 5.75 Å². The molecule has 0 saturated heterocycles. The lowest BCUT2D eigenvalue weighted by Gasteiger charge is -2.10. The minimum atomic E-state index is -2.81. The summed E-state index contributed by atoms with van der Waals surface area (Å²) in [7, 11) is 1.50. The van der Waals surface area contributed by atoms with Crippen molar-refractivity contribution in [2.75, 3.05) is 0 Å². The Morgan fingerprint density at radius 3 is 2.79 bits per heavy atom. The SMILES string of the molecule is Cn1cc(C(=O)Oc2ccccc2C2CC2C2CC2)c(C(F)F)n1. The van der Waals surface area contributed by atoms with Crippen LogP contribution in [0.2, 0.25) is 0 Å². The van der Waals surface area contributed by atoms with Crippen molar-refractivity contribution < 1.29 is 18.3 Å². The van der Waals surface area contributed by atoms with E-state index in [9.17, 15) is 13.6 Å². The van der Waals surface area contributed by atoms with Gasteiger partial charge < -0.3 is 4.74 Å². The number of ether oxygens (including phenoxy) is 1. The highest BCUT2D eigenvalue weighted by Crippen LogP contribution is 2.60. The van der Waals surface area contributed by atoms with Gasteiger partial charge in [-0.15, -0.1) is 0 Å². The Labute approximate surface area is 138 Å². The number of aryl methyl sites for hydroxylation is 1. The molecule has 2 saturated carbocycles. The number of rotatable bonds is 5. The largest absolute Gasteiger partial charge is 0.423 e. The Kier molecular flexibility index (Phi) is 3.62. The van der Waals surface area contributed by atoms with Crippen LogP contribution in [0.15, 0.2) is 30.5 Å². The average molecular weight is 332 g/mol. The standard InChI is InChI=1S/C18H18F2N2O2/c1-22-9-14(16(21-22)17(19)20)18(23)24-15-5-3-2-4-11(15)13-8-12(13)10-6-7-10/h2-5,9-10,12-13,17H,6-8H2,1H3. The fourth-order valence-electron chi connectivity index (χ4n) is 3.48. The first-order valence-corrected chi connectivity index (χ1v) is 8.17. The van der Waals surface area contributed by atoms with Crippen LogP contribution in [0.4, 0.5) is 8.78 Å². The number of nitrogens with zero attached hydrogens (tertiary/aromatic N) is 2. The lowest BCUT2D eigenvalue weighted by atomic mass is 10.1. The average Bonchev–Trinajstić information content (AvgIpc) is 3.44. The van der Waals surface area contributed by atoms with E-state index in [1.54, 1.807) is 12.1 Å². The number of aromatic nitrogens is 2. The Morgan fingerprint density at radius 1 is 1.33 bits per heavy atom. The second-order valence-electron chi connectivity index (χ2n) is 6.67. The van der Waals surface area contributed by atoms with Crippen molar-refractivity contribution in [1.82, 2.24) is 9.78 Å². The third-order valence-electron chi connectivity index (χ3n) is 4.87. The molecule has 2 atom stereocenters. The lowest BCUT2D eigenvalue weighted by Crippen LogP contribution is -2.11. The third kappa shape index (κ3) is 2.81. The lowest BCUT2D eigenvalue weighted by molar-refractivity contribution is 0.0720. The molecular weight excluding hydrogens is 314 g/mol. The number of esters is 1. The molecule has 4 nitrogen and oxygen atoms in total. The summed E-state index contributed by atoms with van der Waals surface area (Å²) >= 11 is 0. The zero-order valence-electron chi connectivity index (χ0n) is 13.3. The maximum Gasteiger partial charge on any atom is 0.347 e. The van der Waals surface area contributed by atoms with Crippen LogP contribution in [0.25, 0.3) is 0 Å². The first kappa shape index (κ1) is 15.3. The fraction of sp³-hybridized carbons (Fsp3) is 0.444. The summed E-state index contributed by atoms with van der Waals surface area (Å²) < 4.78 is 32.7. The second-order valence-corrected chi connectivity index (χ2v) is 6.67. The molecule has 24 heavy (non-hydrogen) atoms. The monoisotopic (exact) mass is 332 g/mol. The molecule has 1 heterocycles. The molecule has 1 aromatic heterocycles. The van der Waals surface area contributed by atoms with Gasteiger partial charge in [-0.25, -0.2) is 13.6 Å². The van der Waals surface area contributed by atoms with Crippen molar-refractivity contribution in [2.24, 2.45) is 18.9 Å². The van der Waals surface area contributed by atoms with Crippen LogP contribution in [-0.4, -0.2) is 15.7 Å². The molecule has 0 N–H and O–H groups in total. The van der Waals surface area contributed by atoms with Crippen molar-refractivity contribution in [3.63, 3.8) is 0 Å². The van der Waals surface area contributed by atoms with E-state index in [2.05, 4.69) is 5.10 Å². The second kappa shape index (κ2) is 5.69. The van der Waals surface area contributed by atoms with E-state index in [0.717, 1.165) is 17.9 Å². The van der Waals surface area contributed by atoms with Crippen LogP contribution in [0.1, 0.15) is 53.2 Å². The zero-order chi connectivity index (χ0) is 16.8. The number of hydrogen-bond acceptors (Lipinski definition) is 3. The molecule has 0 spiro atoms. The molecule has 4 rings (SSSR count). The Balaban J connectivity index is 1.56.